The molecule has 0 spiro atoms. The van der Waals surface area contributed by atoms with Crippen molar-refractivity contribution in [2.75, 3.05) is 13.1 Å². The Kier molecular flexibility index (Phi) is 7.95. The number of benzene rings is 1. The number of hydrogen-bond acceptors (Lipinski definition) is 1. The first-order valence-electron chi connectivity index (χ1n) is 8.46. The Morgan fingerprint density at radius 3 is 2.57 bits per heavy atom. The summed E-state index contributed by atoms with van der Waals surface area (Å²) in [5.41, 5.74) is 1.37. The lowest BCUT2D eigenvalue weighted by molar-refractivity contribution is 0.226. The summed E-state index contributed by atoms with van der Waals surface area (Å²) < 4.78 is 13.4. The topological polar surface area (TPSA) is 12.0 Å². The molecule has 2 heteroatoms. The molecule has 1 N–H and O–H groups in total. The molecule has 21 heavy (non-hydrogen) atoms. The number of rotatable bonds is 10. The highest BCUT2D eigenvalue weighted by molar-refractivity contribution is 5.18. The van der Waals surface area contributed by atoms with Gasteiger partial charge >= 0.3 is 0 Å². The largest absolute Gasteiger partial charge is 0.316 e. The van der Waals surface area contributed by atoms with Crippen LogP contribution < -0.4 is 5.32 Å². The van der Waals surface area contributed by atoms with Gasteiger partial charge in [0, 0.05) is 6.54 Å². The Morgan fingerprint density at radius 2 is 2.00 bits per heavy atom. The molecule has 0 bridgehead atoms. The van der Waals surface area contributed by atoms with E-state index in [9.17, 15) is 4.39 Å². The molecular formula is C19H32FN. The zero-order valence-electron chi connectivity index (χ0n) is 14.2. The average Bonchev–Trinajstić information content (AvgIpc) is 2.44. The zero-order valence-corrected chi connectivity index (χ0v) is 14.2. The number of unbranched alkanes of at least 4 members (excludes halogenated alkanes) is 1. The van der Waals surface area contributed by atoms with E-state index in [4.69, 9.17) is 0 Å². The molecular weight excluding hydrogens is 261 g/mol. The van der Waals surface area contributed by atoms with Crippen molar-refractivity contribution in [2.24, 2.45) is 11.3 Å². The van der Waals surface area contributed by atoms with Crippen LogP contribution in [0.3, 0.4) is 0 Å². The Balaban J connectivity index is 2.78. The first kappa shape index (κ1) is 18.2. The maximum Gasteiger partial charge on any atom is 0.123 e. The molecule has 1 aromatic rings. The fraction of sp³-hybridized carbons (Fsp3) is 0.684. The van der Waals surface area contributed by atoms with Crippen molar-refractivity contribution < 1.29 is 4.39 Å². The van der Waals surface area contributed by atoms with E-state index in [1.807, 2.05) is 6.07 Å². The quantitative estimate of drug-likeness (QED) is 0.625. The molecule has 1 unspecified atom stereocenters. The second kappa shape index (κ2) is 9.19. The zero-order chi connectivity index (χ0) is 15.7. The Morgan fingerprint density at radius 1 is 1.24 bits per heavy atom. The van der Waals surface area contributed by atoms with Crippen LogP contribution in [0.2, 0.25) is 0 Å². The Hall–Kier alpha value is -0.890. The van der Waals surface area contributed by atoms with Crippen molar-refractivity contribution in [1.82, 2.24) is 5.32 Å². The SMILES string of the molecule is CCCCC(CC)(CNCC(C)C)Cc1cccc(F)c1. The lowest BCUT2D eigenvalue weighted by Gasteiger charge is -2.34. The van der Waals surface area contributed by atoms with Gasteiger partial charge in [0.15, 0.2) is 0 Å². The van der Waals surface area contributed by atoms with Gasteiger partial charge < -0.3 is 5.32 Å². The van der Waals surface area contributed by atoms with Gasteiger partial charge in [-0.15, -0.1) is 0 Å². The molecule has 0 aliphatic carbocycles. The summed E-state index contributed by atoms with van der Waals surface area (Å²) in [6.45, 7) is 11.1. The molecule has 120 valence electrons. The minimum absolute atomic E-state index is 0.122. The van der Waals surface area contributed by atoms with E-state index in [0.717, 1.165) is 31.5 Å². The smallest absolute Gasteiger partial charge is 0.123 e. The van der Waals surface area contributed by atoms with Gasteiger partial charge in [0.05, 0.1) is 0 Å². The molecule has 0 amide bonds. The molecule has 0 saturated heterocycles. The normalized spacial score (nSPS) is 14.4. The molecule has 0 aliphatic rings. The van der Waals surface area contributed by atoms with Crippen molar-refractivity contribution in [3.8, 4) is 0 Å². The Labute approximate surface area is 130 Å². The van der Waals surface area contributed by atoms with Gasteiger partial charge in [-0.25, -0.2) is 4.39 Å². The molecule has 0 heterocycles. The van der Waals surface area contributed by atoms with Gasteiger partial charge in [0.2, 0.25) is 0 Å². The van der Waals surface area contributed by atoms with Crippen LogP contribution in [0.25, 0.3) is 0 Å². The summed E-state index contributed by atoms with van der Waals surface area (Å²) in [5.74, 6) is 0.544. The lowest BCUT2D eigenvalue weighted by Crippen LogP contribution is -2.37. The van der Waals surface area contributed by atoms with Crippen LogP contribution in [0.1, 0.15) is 58.9 Å². The Bertz CT molecular complexity index is 402. The van der Waals surface area contributed by atoms with E-state index in [1.54, 1.807) is 6.07 Å². The predicted octanol–water partition coefficient (Wildman–Crippen LogP) is 5.20. The highest BCUT2D eigenvalue weighted by Crippen LogP contribution is 2.32. The van der Waals surface area contributed by atoms with E-state index >= 15 is 0 Å². The predicted molar refractivity (Wildman–Crippen MR) is 90.1 cm³/mol. The molecule has 1 rings (SSSR count). The van der Waals surface area contributed by atoms with E-state index in [-0.39, 0.29) is 11.2 Å². The lowest BCUT2D eigenvalue weighted by atomic mass is 9.75. The summed E-state index contributed by atoms with van der Waals surface area (Å²) in [5, 5.41) is 3.63. The molecule has 1 atom stereocenters. The number of halogens is 1. The number of nitrogens with one attached hydrogen (secondary N) is 1. The maximum atomic E-state index is 13.4. The molecule has 0 radical (unpaired) electrons. The standard InChI is InChI=1S/C19H32FN/c1-5-7-11-19(6-2,15-21-14-16(3)4)13-17-9-8-10-18(20)12-17/h8-10,12,16,21H,5-7,11,13-15H2,1-4H3. The van der Waals surface area contributed by atoms with E-state index in [2.05, 4.69) is 39.1 Å². The average molecular weight is 293 g/mol. The monoisotopic (exact) mass is 293 g/mol. The van der Waals surface area contributed by atoms with Gasteiger partial charge in [0.25, 0.3) is 0 Å². The van der Waals surface area contributed by atoms with Crippen LogP contribution in [-0.2, 0) is 6.42 Å². The van der Waals surface area contributed by atoms with Crippen molar-refractivity contribution in [3.63, 3.8) is 0 Å². The van der Waals surface area contributed by atoms with Crippen molar-refractivity contribution in [2.45, 2.75) is 59.8 Å². The molecule has 1 aromatic carbocycles. The summed E-state index contributed by atoms with van der Waals surface area (Å²) in [6.07, 6.45) is 5.77. The highest BCUT2D eigenvalue weighted by Gasteiger charge is 2.27. The fourth-order valence-corrected chi connectivity index (χ4v) is 2.92. The molecule has 0 aliphatic heterocycles. The first-order chi connectivity index (χ1) is 10.0. The highest BCUT2D eigenvalue weighted by atomic mass is 19.1. The molecule has 0 aromatic heterocycles. The van der Waals surface area contributed by atoms with E-state index in [0.29, 0.717) is 5.92 Å². The second-order valence-corrected chi connectivity index (χ2v) is 6.79. The van der Waals surface area contributed by atoms with Crippen LogP contribution in [-0.4, -0.2) is 13.1 Å². The van der Waals surface area contributed by atoms with E-state index in [1.165, 1.54) is 25.3 Å². The van der Waals surface area contributed by atoms with Crippen molar-refractivity contribution in [3.05, 3.63) is 35.6 Å². The molecule has 0 saturated carbocycles. The second-order valence-electron chi connectivity index (χ2n) is 6.79. The van der Waals surface area contributed by atoms with Crippen molar-refractivity contribution in [1.29, 1.82) is 0 Å². The summed E-state index contributed by atoms with van der Waals surface area (Å²) in [4.78, 5) is 0. The molecule has 1 nitrogen and oxygen atoms in total. The van der Waals surface area contributed by atoms with E-state index < -0.39 is 0 Å². The third-order valence-electron chi connectivity index (χ3n) is 4.33. The maximum absolute atomic E-state index is 13.4. The van der Waals surface area contributed by atoms with Gasteiger partial charge in [-0.05, 0) is 54.8 Å². The fourth-order valence-electron chi connectivity index (χ4n) is 2.92. The van der Waals surface area contributed by atoms with Crippen LogP contribution in [0.4, 0.5) is 4.39 Å². The minimum Gasteiger partial charge on any atom is -0.316 e. The van der Waals surface area contributed by atoms with Crippen LogP contribution in [0.5, 0.6) is 0 Å². The third kappa shape index (κ3) is 6.60. The third-order valence-corrected chi connectivity index (χ3v) is 4.33. The van der Waals surface area contributed by atoms with Crippen molar-refractivity contribution >= 4 is 0 Å². The first-order valence-corrected chi connectivity index (χ1v) is 8.46. The summed E-state index contributed by atoms with van der Waals surface area (Å²) in [6, 6.07) is 7.10. The minimum atomic E-state index is -0.122. The van der Waals surface area contributed by atoms with Gasteiger partial charge in [-0.2, -0.15) is 0 Å². The summed E-state index contributed by atoms with van der Waals surface area (Å²) >= 11 is 0. The van der Waals surface area contributed by atoms with Crippen LogP contribution in [0.15, 0.2) is 24.3 Å². The van der Waals surface area contributed by atoms with Gasteiger partial charge in [-0.1, -0.05) is 52.7 Å². The van der Waals surface area contributed by atoms with Gasteiger partial charge in [-0.3, -0.25) is 0 Å². The number of hydrogen-bond donors (Lipinski definition) is 1. The van der Waals surface area contributed by atoms with Crippen LogP contribution in [0, 0.1) is 17.2 Å². The van der Waals surface area contributed by atoms with Gasteiger partial charge in [0.1, 0.15) is 5.82 Å². The molecule has 0 fully saturated rings. The summed E-state index contributed by atoms with van der Waals surface area (Å²) in [7, 11) is 0. The van der Waals surface area contributed by atoms with Crippen LogP contribution >= 0.6 is 0 Å².